The highest BCUT2D eigenvalue weighted by Gasteiger charge is 2.39. The largest absolute Gasteiger partial charge is 0.341 e. The van der Waals surface area contributed by atoms with Gasteiger partial charge in [0.25, 0.3) is 0 Å². The third kappa shape index (κ3) is 5.48. The highest BCUT2D eigenvalue weighted by Crippen LogP contribution is 2.51. The van der Waals surface area contributed by atoms with Crippen molar-refractivity contribution in [2.75, 3.05) is 9.80 Å². The Labute approximate surface area is 300 Å². The fourth-order valence-corrected chi connectivity index (χ4v) is 9.02. The van der Waals surface area contributed by atoms with Gasteiger partial charge in [-0.15, -0.1) is 0 Å². The number of allylic oxidation sites excluding steroid dienone is 4. The molecule has 50 heavy (non-hydrogen) atoms. The van der Waals surface area contributed by atoms with Crippen LogP contribution in [0.15, 0.2) is 102 Å². The maximum atomic E-state index is 2.79. The van der Waals surface area contributed by atoms with Crippen molar-refractivity contribution in [3.8, 4) is 0 Å². The van der Waals surface area contributed by atoms with E-state index >= 15 is 0 Å². The monoisotopic (exact) mass is 656 g/mol. The second-order valence-corrected chi connectivity index (χ2v) is 15.7. The summed E-state index contributed by atoms with van der Waals surface area (Å²) in [6, 6.07) is 31.3. The molecule has 3 aliphatic rings. The lowest BCUT2D eigenvalue weighted by Gasteiger charge is -2.46. The third-order valence-corrected chi connectivity index (χ3v) is 12.6. The van der Waals surface area contributed by atoms with Crippen LogP contribution in [0.5, 0.6) is 0 Å². The van der Waals surface area contributed by atoms with Crippen LogP contribution in [0.4, 0.5) is 22.7 Å². The van der Waals surface area contributed by atoms with Gasteiger partial charge >= 0.3 is 0 Å². The number of benzene rings is 5. The molecule has 5 aromatic rings. The van der Waals surface area contributed by atoms with E-state index in [4.69, 9.17) is 0 Å². The number of nitrogens with zero attached hydrogens (tertiary/aromatic N) is 2. The van der Waals surface area contributed by atoms with E-state index in [1.165, 1.54) is 102 Å². The van der Waals surface area contributed by atoms with Crippen molar-refractivity contribution in [2.24, 2.45) is 0 Å². The summed E-state index contributed by atoms with van der Waals surface area (Å²) in [7, 11) is 0. The Bertz CT molecular complexity index is 2180. The zero-order valence-electron chi connectivity index (χ0n) is 31.4. The van der Waals surface area contributed by atoms with Gasteiger partial charge in [-0.1, -0.05) is 47.5 Å². The van der Waals surface area contributed by atoms with Crippen molar-refractivity contribution < 1.29 is 0 Å². The molecule has 0 saturated heterocycles. The Balaban J connectivity index is 1.31. The first-order valence-corrected chi connectivity index (χ1v) is 18.8. The minimum Gasteiger partial charge on any atom is -0.341 e. The molecule has 0 N–H and O–H groups in total. The molecule has 0 aliphatic heterocycles. The maximum Gasteiger partial charge on any atom is 0.0540 e. The molecule has 0 fully saturated rings. The van der Waals surface area contributed by atoms with Gasteiger partial charge in [-0.2, -0.15) is 0 Å². The number of hydrogen-bond donors (Lipinski definition) is 0. The zero-order valence-corrected chi connectivity index (χ0v) is 31.4. The van der Waals surface area contributed by atoms with Crippen LogP contribution in [-0.4, -0.2) is 6.04 Å². The quantitative estimate of drug-likeness (QED) is 0.179. The normalized spacial score (nSPS) is 18.4. The summed E-state index contributed by atoms with van der Waals surface area (Å²) >= 11 is 0. The van der Waals surface area contributed by atoms with Crippen molar-refractivity contribution in [3.05, 3.63) is 152 Å². The van der Waals surface area contributed by atoms with Crippen molar-refractivity contribution >= 4 is 33.5 Å². The summed E-state index contributed by atoms with van der Waals surface area (Å²) in [5, 5.41) is 2.90. The molecule has 5 aromatic carbocycles. The lowest BCUT2D eigenvalue weighted by Crippen LogP contribution is -2.43. The van der Waals surface area contributed by atoms with E-state index in [-0.39, 0.29) is 0 Å². The molecule has 0 radical (unpaired) electrons. The maximum absolute atomic E-state index is 2.79. The van der Waals surface area contributed by atoms with Gasteiger partial charge < -0.3 is 9.80 Å². The minimum absolute atomic E-state index is 0.431. The first kappa shape index (κ1) is 32.6. The Hall–Kier alpha value is -4.56. The van der Waals surface area contributed by atoms with Gasteiger partial charge in [-0.05, 0) is 198 Å². The Morgan fingerprint density at radius 2 is 1.10 bits per heavy atom. The first-order chi connectivity index (χ1) is 24.1. The molecule has 0 spiro atoms. The van der Waals surface area contributed by atoms with Gasteiger partial charge in [0.1, 0.15) is 0 Å². The second-order valence-electron chi connectivity index (χ2n) is 15.7. The van der Waals surface area contributed by atoms with Gasteiger partial charge in [0.05, 0.1) is 5.69 Å². The Kier molecular flexibility index (Phi) is 8.25. The molecule has 0 aromatic heterocycles. The van der Waals surface area contributed by atoms with E-state index in [0.717, 1.165) is 25.7 Å². The van der Waals surface area contributed by atoms with E-state index in [1.54, 1.807) is 11.1 Å². The zero-order chi connectivity index (χ0) is 34.8. The van der Waals surface area contributed by atoms with Gasteiger partial charge in [0.2, 0.25) is 0 Å². The van der Waals surface area contributed by atoms with Crippen molar-refractivity contribution in [3.63, 3.8) is 0 Å². The summed E-state index contributed by atoms with van der Waals surface area (Å²) in [6.45, 7) is 18.0. The van der Waals surface area contributed by atoms with Crippen LogP contribution in [0.3, 0.4) is 0 Å². The van der Waals surface area contributed by atoms with E-state index in [2.05, 4.69) is 150 Å². The van der Waals surface area contributed by atoms with E-state index in [0.29, 0.717) is 12.0 Å². The highest BCUT2D eigenvalue weighted by molar-refractivity contribution is 6.03. The number of rotatable bonds is 6. The summed E-state index contributed by atoms with van der Waals surface area (Å²) in [5.74, 6) is 0.483. The van der Waals surface area contributed by atoms with Gasteiger partial charge in [0, 0.05) is 40.1 Å². The average Bonchev–Trinajstić information content (AvgIpc) is 3.11. The predicted octanol–water partition coefficient (Wildman–Crippen LogP) is 13.0. The molecule has 8 rings (SSSR count). The highest BCUT2D eigenvalue weighted by atomic mass is 15.2. The fraction of sp³-hybridized carbons (Fsp3) is 0.333. The minimum atomic E-state index is 0.431. The number of hydrogen-bond acceptors (Lipinski definition) is 2. The summed E-state index contributed by atoms with van der Waals surface area (Å²) in [4.78, 5) is 5.31. The van der Waals surface area contributed by atoms with Crippen LogP contribution < -0.4 is 9.80 Å². The Morgan fingerprint density at radius 3 is 1.72 bits per heavy atom. The van der Waals surface area contributed by atoms with Crippen molar-refractivity contribution in [1.82, 2.24) is 0 Å². The summed E-state index contributed by atoms with van der Waals surface area (Å²) < 4.78 is 0. The van der Waals surface area contributed by atoms with E-state index < -0.39 is 0 Å². The SMILES string of the molecule is CC1=C(C)CCC(N(c2ccc(C)c(C)c2)C2CCc3ccc4c(N(c5ccc(C)c(C)c5)c5ccc(C)c(C)c5)ccc5c4c3C2CC5)=C1. The molecule has 2 nitrogen and oxygen atoms in total. The molecular weight excluding hydrogens is 605 g/mol. The molecule has 0 bridgehead atoms. The fourth-order valence-electron chi connectivity index (χ4n) is 9.02. The number of anilines is 4. The summed E-state index contributed by atoms with van der Waals surface area (Å²) in [5.41, 5.74) is 22.3. The lowest BCUT2D eigenvalue weighted by molar-refractivity contribution is 0.426. The molecule has 2 unspecified atom stereocenters. The van der Waals surface area contributed by atoms with Gasteiger partial charge in [-0.25, -0.2) is 0 Å². The topological polar surface area (TPSA) is 6.48 Å². The average molecular weight is 657 g/mol. The molecular formula is C48H52N2. The molecule has 254 valence electrons. The lowest BCUT2D eigenvalue weighted by atomic mass is 9.69. The Morgan fingerprint density at radius 1 is 0.520 bits per heavy atom. The second kappa shape index (κ2) is 12.6. The van der Waals surface area contributed by atoms with Crippen LogP contribution >= 0.6 is 0 Å². The molecule has 0 amide bonds. The van der Waals surface area contributed by atoms with Crippen LogP contribution in [0.25, 0.3) is 10.8 Å². The van der Waals surface area contributed by atoms with Crippen molar-refractivity contribution in [1.29, 1.82) is 0 Å². The van der Waals surface area contributed by atoms with Crippen molar-refractivity contribution in [2.45, 2.75) is 106 Å². The molecule has 3 aliphatic carbocycles. The van der Waals surface area contributed by atoms with Crippen LogP contribution in [0, 0.1) is 41.5 Å². The molecule has 0 saturated carbocycles. The van der Waals surface area contributed by atoms with Crippen LogP contribution in [-0.2, 0) is 12.8 Å². The third-order valence-electron chi connectivity index (χ3n) is 12.6. The standard InChI is InChI=1S/C48H52N2/c1-29-9-17-39(25-33(29)5)49(40-18-10-30(2)34(6)26-40)45-23-15-37-14-22-44-46(24-16-38-13-21-43(45)47(37)48(38)44)50(41-19-11-31(3)35(7)27-41)42-20-12-32(4)36(8)28-42/h9-11,13,15,17-19,21,23,25-28,44,46H,12,14,16,20,22,24H2,1-8H3. The van der Waals surface area contributed by atoms with E-state index in [1.807, 2.05) is 0 Å². The van der Waals surface area contributed by atoms with Gasteiger partial charge in [-0.3, -0.25) is 0 Å². The summed E-state index contributed by atoms with van der Waals surface area (Å²) in [6.07, 6.45) is 9.39. The van der Waals surface area contributed by atoms with E-state index in [9.17, 15) is 0 Å². The molecule has 2 heteroatoms. The van der Waals surface area contributed by atoms with Crippen LogP contribution in [0.2, 0.25) is 0 Å². The predicted molar refractivity (Wildman–Crippen MR) is 215 cm³/mol. The smallest absolute Gasteiger partial charge is 0.0540 e. The number of aryl methyl sites for hydroxylation is 8. The molecule has 0 heterocycles. The first-order valence-electron chi connectivity index (χ1n) is 18.8. The molecule has 2 atom stereocenters. The van der Waals surface area contributed by atoms with Crippen LogP contribution in [0.1, 0.15) is 95.5 Å². The van der Waals surface area contributed by atoms with Gasteiger partial charge in [0.15, 0.2) is 0 Å².